The number of fused-ring (bicyclic) bond motifs is 3. The number of benzene rings is 10. The van der Waals surface area contributed by atoms with Gasteiger partial charge in [-0.2, -0.15) is 0 Å². The van der Waals surface area contributed by atoms with Crippen molar-refractivity contribution in [1.82, 2.24) is 0 Å². The van der Waals surface area contributed by atoms with Gasteiger partial charge in [0.1, 0.15) is 5.82 Å². The van der Waals surface area contributed by atoms with Crippen molar-refractivity contribution in [3.05, 3.63) is 169 Å². The van der Waals surface area contributed by atoms with Gasteiger partial charge in [0.2, 0.25) is 0 Å². The SMILES string of the molecule is Fc1cc(-c2ccc3ccc4c(-c5c6ccccc6c(-c6ccc(F)c7ccccc67)c6ccccc56)ccc5ccc2c3c54)cc(F)c1F. The maximum atomic E-state index is 15.0. The third-order valence-electron chi connectivity index (χ3n) is 10.3. The molecule has 50 heavy (non-hydrogen) atoms. The van der Waals surface area contributed by atoms with Gasteiger partial charge in [0.05, 0.1) is 0 Å². The highest BCUT2D eigenvalue weighted by Crippen LogP contribution is 2.49. The minimum atomic E-state index is -1.48. The molecule has 0 saturated heterocycles. The van der Waals surface area contributed by atoms with Crippen molar-refractivity contribution in [3.63, 3.8) is 0 Å². The van der Waals surface area contributed by atoms with E-state index in [2.05, 4.69) is 60.7 Å². The highest BCUT2D eigenvalue weighted by Gasteiger charge is 2.22. The van der Waals surface area contributed by atoms with Gasteiger partial charge in [-0.05, 0) is 111 Å². The van der Waals surface area contributed by atoms with Crippen LogP contribution in [0.2, 0.25) is 0 Å². The van der Waals surface area contributed by atoms with Crippen LogP contribution in [0.1, 0.15) is 0 Å². The van der Waals surface area contributed by atoms with Crippen LogP contribution >= 0.6 is 0 Å². The lowest BCUT2D eigenvalue weighted by molar-refractivity contribution is 0.448. The summed E-state index contributed by atoms with van der Waals surface area (Å²) in [6, 6.07) is 46.3. The molecule has 0 aliphatic heterocycles. The summed E-state index contributed by atoms with van der Waals surface area (Å²) in [5, 5.41) is 11.6. The fourth-order valence-corrected chi connectivity index (χ4v) is 8.17. The van der Waals surface area contributed by atoms with E-state index in [9.17, 15) is 13.2 Å². The first-order valence-electron chi connectivity index (χ1n) is 16.4. The Morgan fingerprint density at radius 2 is 0.700 bits per heavy atom. The lowest BCUT2D eigenvalue weighted by atomic mass is 9.82. The Balaban J connectivity index is 1.31. The first kappa shape index (κ1) is 28.7. The zero-order chi connectivity index (χ0) is 33.7. The molecule has 0 nitrogen and oxygen atoms in total. The van der Waals surface area contributed by atoms with Gasteiger partial charge >= 0.3 is 0 Å². The van der Waals surface area contributed by atoms with Crippen LogP contribution in [-0.4, -0.2) is 0 Å². The number of rotatable bonds is 3. The standard InChI is InChI=1S/C46H24F4/c47-39-22-21-36(29-7-1-2-8-30(29)39)44-31-9-3-5-11-33(31)45(34-12-6-4-10-32(34)44)38-20-16-26-14-18-35-28(27-23-40(48)46(50)41(49)24-27)17-13-25-15-19-37(38)43(26)42(25)35/h1-24H. The maximum absolute atomic E-state index is 15.0. The first-order chi connectivity index (χ1) is 24.5. The molecule has 0 spiro atoms. The Morgan fingerprint density at radius 3 is 1.24 bits per heavy atom. The fourth-order valence-electron chi connectivity index (χ4n) is 8.17. The molecule has 0 saturated carbocycles. The highest BCUT2D eigenvalue weighted by molar-refractivity contribution is 6.31. The van der Waals surface area contributed by atoms with Gasteiger partial charge in [-0.3, -0.25) is 0 Å². The molecule has 0 aliphatic rings. The van der Waals surface area contributed by atoms with Gasteiger partial charge in [-0.1, -0.05) is 127 Å². The predicted octanol–water partition coefficient (Wildman–Crippen LogP) is 13.6. The topological polar surface area (TPSA) is 0 Å². The van der Waals surface area contributed by atoms with Gasteiger partial charge < -0.3 is 0 Å². The van der Waals surface area contributed by atoms with Crippen LogP contribution in [0.4, 0.5) is 17.6 Å². The van der Waals surface area contributed by atoms with E-state index in [0.29, 0.717) is 10.9 Å². The molecule has 0 aliphatic carbocycles. The van der Waals surface area contributed by atoms with Crippen molar-refractivity contribution < 1.29 is 17.6 Å². The summed E-state index contributed by atoms with van der Waals surface area (Å²) in [4.78, 5) is 0. The van der Waals surface area contributed by atoms with Gasteiger partial charge in [-0.25, -0.2) is 17.6 Å². The molecule has 4 heteroatoms. The zero-order valence-corrected chi connectivity index (χ0v) is 26.4. The molecule has 0 N–H and O–H groups in total. The number of hydrogen-bond donors (Lipinski definition) is 0. The Bertz CT molecular complexity index is 2950. The molecular formula is C46H24F4. The summed E-state index contributed by atoms with van der Waals surface area (Å²) >= 11 is 0. The van der Waals surface area contributed by atoms with E-state index < -0.39 is 17.5 Å². The van der Waals surface area contributed by atoms with Gasteiger partial charge in [0.25, 0.3) is 0 Å². The summed E-state index contributed by atoms with van der Waals surface area (Å²) < 4.78 is 57.8. The molecule has 10 rings (SSSR count). The maximum Gasteiger partial charge on any atom is 0.194 e. The van der Waals surface area contributed by atoms with E-state index in [-0.39, 0.29) is 11.4 Å². The molecule has 0 atom stereocenters. The molecule has 0 heterocycles. The zero-order valence-electron chi connectivity index (χ0n) is 26.4. The van der Waals surface area contributed by atoms with Gasteiger partial charge in [0.15, 0.2) is 17.5 Å². The second kappa shape index (κ2) is 10.6. The Hall–Kier alpha value is -6.26. The van der Waals surface area contributed by atoms with E-state index in [0.717, 1.165) is 93.6 Å². The summed E-state index contributed by atoms with van der Waals surface area (Å²) in [6.07, 6.45) is 0. The van der Waals surface area contributed by atoms with Crippen LogP contribution in [0.15, 0.2) is 146 Å². The first-order valence-corrected chi connectivity index (χ1v) is 16.4. The normalized spacial score (nSPS) is 12.0. The van der Waals surface area contributed by atoms with Crippen LogP contribution < -0.4 is 0 Å². The molecule has 0 unspecified atom stereocenters. The van der Waals surface area contributed by atoms with E-state index in [1.807, 2.05) is 66.7 Å². The van der Waals surface area contributed by atoms with Gasteiger partial charge in [-0.15, -0.1) is 0 Å². The van der Waals surface area contributed by atoms with Gasteiger partial charge in [0, 0.05) is 5.39 Å². The van der Waals surface area contributed by atoms with Crippen LogP contribution in [0.5, 0.6) is 0 Å². The summed E-state index contributed by atoms with van der Waals surface area (Å²) in [5.41, 5.74) is 5.07. The summed E-state index contributed by atoms with van der Waals surface area (Å²) in [7, 11) is 0. The van der Waals surface area contributed by atoms with E-state index >= 15 is 4.39 Å². The Labute approximate surface area is 283 Å². The van der Waals surface area contributed by atoms with Crippen molar-refractivity contribution in [3.8, 4) is 33.4 Å². The van der Waals surface area contributed by atoms with Crippen LogP contribution in [0, 0.1) is 23.3 Å². The van der Waals surface area contributed by atoms with Crippen molar-refractivity contribution in [2.24, 2.45) is 0 Å². The van der Waals surface area contributed by atoms with E-state index in [4.69, 9.17) is 0 Å². The van der Waals surface area contributed by atoms with E-state index in [1.54, 1.807) is 6.07 Å². The molecule has 10 aromatic rings. The van der Waals surface area contributed by atoms with Crippen molar-refractivity contribution in [2.75, 3.05) is 0 Å². The third kappa shape index (κ3) is 3.99. The quantitative estimate of drug-likeness (QED) is 0.0771. The van der Waals surface area contributed by atoms with Crippen LogP contribution in [0.3, 0.4) is 0 Å². The summed E-state index contributed by atoms with van der Waals surface area (Å²) in [6.45, 7) is 0. The monoisotopic (exact) mass is 652 g/mol. The average molecular weight is 653 g/mol. The van der Waals surface area contributed by atoms with Crippen LogP contribution in [0.25, 0.3) is 98.0 Å². The van der Waals surface area contributed by atoms with E-state index in [1.165, 1.54) is 0 Å². The second-order valence-electron chi connectivity index (χ2n) is 12.9. The molecule has 0 radical (unpaired) electrons. The molecule has 0 amide bonds. The molecule has 10 aromatic carbocycles. The molecule has 236 valence electrons. The smallest absolute Gasteiger partial charge is 0.194 e. The predicted molar refractivity (Wildman–Crippen MR) is 199 cm³/mol. The highest BCUT2D eigenvalue weighted by atomic mass is 19.2. The minimum Gasteiger partial charge on any atom is -0.206 e. The van der Waals surface area contributed by atoms with Crippen molar-refractivity contribution in [2.45, 2.75) is 0 Å². The minimum absolute atomic E-state index is 0.249. The fraction of sp³-hybridized carbons (Fsp3) is 0. The average Bonchev–Trinajstić information content (AvgIpc) is 3.15. The lowest BCUT2D eigenvalue weighted by Gasteiger charge is -2.21. The number of hydrogen-bond acceptors (Lipinski definition) is 0. The largest absolute Gasteiger partial charge is 0.206 e. The Morgan fingerprint density at radius 1 is 0.300 bits per heavy atom. The van der Waals surface area contributed by atoms with Crippen molar-refractivity contribution >= 4 is 64.6 Å². The third-order valence-corrected chi connectivity index (χ3v) is 10.3. The molecule has 0 fully saturated rings. The molecule has 0 bridgehead atoms. The number of halogens is 4. The Kier molecular flexibility index (Phi) is 6.10. The van der Waals surface area contributed by atoms with Crippen LogP contribution in [-0.2, 0) is 0 Å². The lowest BCUT2D eigenvalue weighted by Crippen LogP contribution is -1.94. The molecule has 0 aromatic heterocycles. The summed E-state index contributed by atoms with van der Waals surface area (Å²) in [5.74, 6) is -4.16. The second-order valence-corrected chi connectivity index (χ2v) is 12.9. The molecular weight excluding hydrogens is 628 g/mol. The van der Waals surface area contributed by atoms with Crippen molar-refractivity contribution in [1.29, 1.82) is 0 Å².